The molecule has 0 heterocycles. The van der Waals surface area contributed by atoms with Crippen LogP contribution < -0.4 is 0 Å². The molecule has 0 bridgehead atoms. The Hall–Kier alpha value is -1.57. The van der Waals surface area contributed by atoms with Gasteiger partial charge in [0.05, 0.1) is 0 Å². The number of hydrogen-bond donors (Lipinski definition) is 1. The number of hydrogen-bond acceptors (Lipinski definition) is 2. The maximum absolute atomic E-state index is 9.80. The summed E-state index contributed by atoms with van der Waals surface area (Å²) in [5, 5.41) is 9.16. The largest absolute Gasteiger partial charge is 0.507 e. The van der Waals surface area contributed by atoms with Gasteiger partial charge in [0.2, 0.25) is 6.29 Å². The van der Waals surface area contributed by atoms with Gasteiger partial charge >= 0.3 is 0 Å². The van der Waals surface area contributed by atoms with Gasteiger partial charge in [-0.1, -0.05) is 18.2 Å². The summed E-state index contributed by atoms with van der Waals surface area (Å²) >= 11 is 0. The zero-order chi connectivity index (χ0) is 8.10. The second-order valence-corrected chi connectivity index (χ2v) is 2.01. The van der Waals surface area contributed by atoms with E-state index in [-0.39, 0.29) is 5.75 Å². The number of phenols is 1. The zero-order valence-electron chi connectivity index (χ0n) is 5.82. The highest BCUT2D eigenvalue weighted by Gasteiger charge is 1.91. The first-order chi connectivity index (χ1) is 5.34. The third kappa shape index (κ3) is 1.93. The molecule has 2 heteroatoms. The van der Waals surface area contributed by atoms with E-state index < -0.39 is 0 Å². The van der Waals surface area contributed by atoms with Crippen molar-refractivity contribution >= 4 is 12.4 Å². The molecule has 0 fully saturated rings. The van der Waals surface area contributed by atoms with E-state index in [9.17, 15) is 4.79 Å². The summed E-state index contributed by atoms with van der Waals surface area (Å²) < 4.78 is 0. The highest BCUT2D eigenvalue weighted by atomic mass is 16.3. The number of para-hydroxylation sites is 1. The van der Waals surface area contributed by atoms with Crippen molar-refractivity contribution in [1.29, 1.82) is 0 Å². The fourth-order valence-corrected chi connectivity index (χ4v) is 0.752. The number of phenolic OH excluding ortho intramolecular Hbond substituents is 1. The van der Waals surface area contributed by atoms with E-state index in [2.05, 4.69) is 0 Å². The number of carbonyl (C=O) groups excluding carboxylic acids is 1. The van der Waals surface area contributed by atoms with Crippen LogP contribution >= 0.6 is 0 Å². The minimum atomic E-state index is 0.166. The van der Waals surface area contributed by atoms with E-state index in [1.807, 2.05) is 0 Å². The molecular weight excluding hydrogens is 140 g/mol. The van der Waals surface area contributed by atoms with Crippen molar-refractivity contribution in [2.45, 2.75) is 0 Å². The molecule has 1 N–H and O–H groups in total. The quantitative estimate of drug-likeness (QED) is 0.644. The zero-order valence-corrected chi connectivity index (χ0v) is 5.82. The van der Waals surface area contributed by atoms with E-state index >= 15 is 0 Å². The Morgan fingerprint density at radius 2 is 2.09 bits per heavy atom. The maximum atomic E-state index is 9.80. The van der Waals surface area contributed by atoms with Gasteiger partial charge in [-0.2, -0.15) is 0 Å². The molecule has 0 aliphatic rings. The van der Waals surface area contributed by atoms with Gasteiger partial charge in [0.1, 0.15) is 5.75 Å². The predicted molar refractivity (Wildman–Crippen MR) is 42.8 cm³/mol. The van der Waals surface area contributed by atoms with Crippen molar-refractivity contribution in [1.82, 2.24) is 0 Å². The summed E-state index contributed by atoms with van der Waals surface area (Å²) in [6, 6.07) is 6.77. The summed E-state index contributed by atoms with van der Waals surface area (Å²) in [5.74, 6) is 0.166. The van der Waals surface area contributed by atoms with E-state index in [0.29, 0.717) is 5.56 Å². The minimum absolute atomic E-state index is 0.166. The Kier molecular flexibility index (Phi) is 2.44. The van der Waals surface area contributed by atoms with Crippen LogP contribution in [-0.4, -0.2) is 11.4 Å². The average molecular weight is 147 g/mol. The number of aromatic hydroxyl groups is 1. The van der Waals surface area contributed by atoms with Gasteiger partial charge in [0.25, 0.3) is 0 Å². The van der Waals surface area contributed by atoms with Crippen LogP contribution in [0.2, 0.25) is 0 Å². The lowest BCUT2D eigenvalue weighted by Gasteiger charge is -1.94. The molecular formula is C9H7O2. The standard InChI is InChI=1S/C9H7O2/c10-7-3-5-8-4-1-2-6-9(8)11/h1-6,11H/b5-3+. The third-order valence-electron chi connectivity index (χ3n) is 1.27. The van der Waals surface area contributed by atoms with Crippen LogP contribution in [0, 0.1) is 0 Å². The molecule has 1 rings (SSSR count). The van der Waals surface area contributed by atoms with Crippen LogP contribution in [0.25, 0.3) is 6.08 Å². The Bertz CT molecular complexity index is 277. The van der Waals surface area contributed by atoms with Gasteiger partial charge in [-0.15, -0.1) is 0 Å². The van der Waals surface area contributed by atoms with Gasteiger partial charge in [-0.3, -0.25) is 4.79 Å². The smallest absolute Gasteiger partial charge is 0.225 e. The van der Waals surface area contributed by atoms with Crippen LogP contribution in [-0.2, 0) is 4.79 Å². The van der Waals surface area contributed by atoms with E-state index in [1.54, 1.807) is 30.6 Å². The molecule has 1 radical (unpaired) electrons. The Morgan fingerprint density at radius 1 is 1.36 bits per heavy atom. The van der Waals surface area contributed by atoms with Crippen LogP contribution in [0.4, 0.5) is 0 Å². The monoisotopic (exact) mass is 147 g/mol. The Morgan fingerprint density at radius 3 is 2.73 bits per heavy atom. The summed E-state index contributed by atoms with van der Waals surface area (Å²) in [7, 11) is 0. The molecule has 0 aromatic heterocycles. The van der Waals surface area contributed by atoms with Crippen molar-refractivity contribution in [2.24, 2.45) is 0 Å². The fraction of sp³-hybridized carbons (Fsp3) is 0. The molecule has 0 aliphatic heterocycles. The van der Waals surface area contributed by atoms with Crippen LogP contribution in [0.1, 0.15) is 5.56 Å². The lowest BCUT2D eigenvalue weighted by atomic mass is 10.2. The lowest BCUT2D eigenvalue weighted by molar-refractivity contribution is 0.474. The molecule has 11 heavy (non-hydrogen) atoms. The Labute approximate surface area is 64.8 Å². The third-order valence-corrected chi connectivity index (χ3v) is 1.27. The van der Waals surface area contributed by atoms with E-state index in [4.69, 9.17) is 5.11 Å². The van der Waals surface area contributed by atoms with Crippen LogP contribution in [0.3, 0.4) is 0 Å². The highest BCUT2D eigenvalue weighted by molar-refractivity contribution is 5.75. The van der Waals surface area contributed by atoms with Crippen molar-refractivity contribution in [3.63, 3.8) is 0 Å². The van der Waals surface area contributed by atoms with E-state index in [1.165, 1.54) is 12.2 Å². The molecule has 0 saturated heterocycles. The first-order valence-electron chi connectivity index (χ1n) is 3.17. The molecule has 0 atom stereocenters. The number of benzene rings is 1. The van der Waals surface area contributed by atoms with Gasteiger partial charge in [-0.05, 0) is 18.2 Å². The molecule has 2 nitrogen and oxygen atoms in total. The molecule has 1 aromatic rings. The number of allylic oxidation sites excluding steroid dienone is 1. The van der Waals surface area contributed by atoms with Gasteiger partial charge < -0.3 is 5.11 Å². The van der Waals surface area contributed by atoms with Gasteiger partial charge in [0, 0.05) is 5.56 Å². The van der Waals surface area contributed by atoms with Crippen molar-refractivity contribution < 1.29 is 9.90 Å². The van der Waals surface area contributed by atoms with Crippen molar-refractivity contribution in [2.75, 3.05) is 0 Å². The normalized spacial score (nSPS) is 10.2. The van der Waals surface area contributed by atoms with Crippen LogP contribution in [0.5, 0.6) is 5.75 Å². The maximum Gasteiger partial charge on any atom is 0.225 e. The number of rotatable bonds is 2. The highest BCUT2D eigenvalue weighted by Crippen LogP contribution is 2.16. The average Bonchev–Trinajstić information content (AvgIpc) is 2.03. The predicted octanol–water partition coefficient (Wildman–Crippen LogP) is 1.52. The summed E-state index contributed by atoms with van der Waals surface area (Å²) in [6.45, 7) is 0. The van der Waals surface area contributed by atoms with Crippen molar-refractivity contribution in [3.8, 4) is 5.75 Å². The van der Waals surface area contributed by atoms with Gasteiger partial charge in [0.15, 0.2) is 0 Å². The second-order valence-electron chi connectivity index (χ2n) is 2.01. The SMILES string of the molecule is O=[C]/C=C/c1ccccc1O. The van der Waals surface area contributed by atoms with Crippen LogP contribution in [0.15, 0.2) is 30.3 Å². The van der Waals surface area contributed by atoms with E-state index in [0.717, 1.165) is 0 Å². The molecule has 0 aliphatic carbocycles. The molecule has 0 saturated carbocycles. The second kappa shape index (κ2) is 3.56. The molecule has 55 valence electrons. The summed E-state index contributed by atoms with van der Waals surface area (Å²) in [5.41, 5.74) is 0.621. The lowest BCUT2D eigenvalue weighted by Crippen LogP contribution is -1.72. The molecule has 0 unspecified atom stereocenters. The first-order valence-corrected chi connectivity index (χ1v) is 3.17. The minimum Gasteiger partial charge on any atom is -0.507 e. The summed E-state index contributed by atoms with van der Waals surface area (Å²) in [4.78, 5) is 9.80. The molecule has 1 aromatic carbocycles. The van der Waals surface area contributed by atoms with Gasteiger partial charge in [-0.25, -0.2) is 0 Å². The summed E-state index contributed by atoms with van der Waals surface area (Å²) in [6.07, 6.45) is 4.32. The Balaban J connectivity index is 2.94. The topological polar surface area (TPSA) is 37.3 Å². The molecule has 0 amide bonds. The first kappa shape index (κ1) is 7.54. The van der Waals surface area contributed by atoms with Crippen molar-refractivity contribution in [3.05, 3.63) is 35.9 Å². The molecule has 0 spiro atoms. The fourth-order valence-electron chi connectivity index (χ4n) is 0.752.